The number of allylic oxidation sites excluding steroid dienone is 4. The second-order valence-corrected chi connectivity index (χ2v) is 3.61. The van der Waals surface area contributed by atoms with Crippen LogP contribution in [0.25, 0.3) is 0 Å². The molecule has 62 valence electrons. The van der Waals surface area contributed by atoms with Gasteiger partial charge in [-0.15, -0.1) is 0 Å². The predicted octanol–water partition coefficient (Wildman–Crippen LogP) is 2.28. The molecule has 0 aliphatic heterocycles. The molecule has 0 aromatic rings. The van der Waals surface area contributed by atoms with Crippen molar-refractivity contribution in [1.82, 2.24) is 0 Å². The molecule has 1 rings (SSSR count). The Bertz CT molecular complexity index is 191. The fourth-order valence-corrected chi connectivity index (χ4v) is 1.30. The van der Waals surface area contributed by atoms with E-state index in [1.807, 2.05) is 0 Å². The summed E-state index contributed by atoms with van der Waals surface area (Å²) in [6.07, 6.45) is 8.51. The maximum absolute atomic E-state index is 8.80. The lowest BCUT2D eigenvalue weighted by atomic mass is 9.80. The monoisotopic (exact) mass is 152 g/mol. The van der Waals surface area contributed by atoms with Crippen LogP contribution in [0.1, 0.15) is 26.7 Å². The SMILES string of the molecule is CC1=CCC(C)(CCO)C=C1. The van der Waals surface area contributed by atoms with Gasteiger partial charge in [0, 0.05) is 6.61 Å². The van der Waals surface area contributed by atoms with Gasteiger partial charge < -0.3 is 5.11 Å². The van der Waals surface area contributed by atoms with Gasteiger partial charge in [0.05, 0.1) is 0 Å². The summed E-state index contributed by atoms with van der Waals surface area (Å²) in [6.45, 7) is 4.57. The van der Waals surface area contributed by atoms with Gasteiger partial charge in [0.25, 0.3) is 0 Å². The summed E-state index contributed by atoms with van der Waals surface area (Å²) < 4.78 is 0. The average Bonchev–Trinajstić information content (AvgIpc) is 1.97. The minimum atomic E-state index is 0.203. The third-order valence-electron chi connectivity index (χ3n) is 2.32. The van der Waals surface area contributed by atoms with E-state index in [1.165, 1.54) is 5.57 Å². The maximum atomic E-state index is 8.80. The molecule has 1 aliphatic carbocycles. The molecule has 1 unspecified atom stereocenters. The van der Waals surface area contributed by atoms with E-state index in [2.05, 4.69) is 32.1 Å². The van der Waals surface area contributed by atoms with Gasteiger partial charge in [0.2, 0.25) is 0 Å². The summed E-state index contributed by atoms with van der Waals surface area (Å²) in [5.74, 6) is 0. The smallest absolute Gasteiger partial charge is 0.0439 e. The molecule has 1 heteroatoms. The zero-order valence-electron chi connectivity index (χ0n) is 7.30. The third kappa shape index (κ3) is 2.19. The van der Waals surface area contributed by atoms with E-state index in [0.717, 1.165) is 12.8 Å². The first kappa shape index (κ1) is 8.54. The first-order valence-corrected chi connectivity index (χ1v) is 4.13. The minimum Gasteiger partial charge on any atom is -0.396 e. The van der Waals surface area contributed by atoms with Crippen molar-refractivity contribution in [2.24, 2.45) is 5.41 Å². The van der Waals surface area contributed by atoms with Crippen LogP contribution in [0.3, 0.4) is 0 Å². The fraction of sp³-hybridized carbons (Fsp3) is 0.600. The quantitative estimate of drug-likeness (QED) is 0.643. The maximum Gasteiger partial charge on any atom is 0.0439 e. The molecule has 0 heterocycles. The van der Waals surface area contributed by atoms with Crippen molar-refractivity contribution in [3.63, 3.8) is 0 Å². The fourth-order valence-electron chi connectivity index (χ4n) is 1.30. The van der Waals surface area contributed by atoms with Crippen LogP contribution < -0.4 is 0 Å². The van der Waals surface area contributed by atoms with Gasteiger partial charge in [-0.1, -0.05) is 30.7 Å². The Morgan fingerprint density at radius 1 is 1.64 bits per heavy atom. The number of hydrogen-bond acceptors (Lipinski definition) is 1. The predicted molar refractivity (Wildman–Crippen MR) is 47.3 cm³/mol. The van der Waals surface area contributed by atoms with Crippen molar-refractivity contribution in [3.05, 3.63) is 23.8 Å². The van der Waals surface area contributed by atoms with E-state index in [-0.39, 0.29) is 12.0 Å². The molecule has 1 nitrogen and oxygen atoms in total. The van der Waals surface area contributed by atoms with Crippen LogP contribution in [0.2, 0.25) is 0 Å². The first-order chi connectivity index (χ1) is 5.16. The van der Waals surface area contributed by atoms with E-state index in [4.69, 9.17) is 5.11 Å². The molecule has 0 aromatic carbocycles. The molecule has 0 saturated carbocycles. The second-order valence-electron chi connectivity index (χ2n) is 3.61. The molecule has 0 fully saturated rings. The van der Waals surface area contributed by atoms with Crippen LogP contribution in [0.5, 0.6) is 0 Å². The van der Waals surface area contributed by atoms with Gasteiger partial charge in [0.15, 0.2) is 0 Å². The van der Waals surface area contributed by atoms with Crippen LogP contribution >= 0.6 is 0 Å². The summed E-state index contributed by atoms with van der Waals surface area (Å²) in [7, 11) is 0. The largest absolute Gasteiger partial charge is 0.396 e. The van der Waals surface area contributed by atoms with Crippen LogP contribution in [0, 0.1) is 5.41 Å². The van der Waals surface area contributed by atoms with Gasteiger partial charge in [-0.05, 0) is 25.2 Å². The Morgan fingerprint density at radius 3 is 2.82 bits per heavy atom. The van der Waals surface area contributed by atoms with Crippen molar-refractivity contribution in [2.75, 3.05) is 6.61 Å². The molecular formula is C10H16O. The van der Waals surface area contributed by atoms with Crippen molar-refractivity contribution in [3.8, 4) is 0 Å². The standard InChI is InChI=1S/C10H16O/c1-9-3-5-10(2,6-4-9)7-8-11/h3-5,11H,6-8H2,1-2H3. The van der Waals surface area contributed by atoms with Crippen molar-refractivity contribution < 1.29 is 5.11 Å². The Morgan fingerprint density at radius 2 is 2.36 bits per heavy atom. The Hall–Kier alpha value is -0.560. The van der Waals surface area contributed by atoms with E-state index in [1.54, 1.807) is 0 Å². The molecule has 1 aliphatic rings. The molecule has 1 N–H and O–H groups in total. The van der Waals surface area contributed by atoms with Gasteiger partial charge in [-0.25, -0.2) is 0 Å². The highest BCUT2D eigenvalue weighted by molar-refractivity contribution is 5.24. The highest BCUT2D eigenvalue weighted by Gasteiger charge is 2.20. The lowest BCUT2D eigenvalue weighted by molar-refractivity contribution is 0.231. The number of aliphatic hydroxyl groups excluding tert-OH is 1. The topological polar surface area (TPSA) is 20.2 Å². The molecule has 0 amide bonds. The van der Waals surface area contributed by atoms with E-state index in [9.17, 15) is 0 Å². The Balaban J connectivity index is 2.58. The lowest BCUT2D eigenvalue weighted by Gasteiger charge is -2.26. The molecule has 0 spiro atoms. The average molecular weight is 152 g/mol. The van der Waals surface area contributed by atoms with Crippen LogP contribution in [-0.2, 0) is 0 Å². The minimum absolute atomic E-state index is 0.203. The van der Waals surface area contributed by atoms with Gasteiger partial charge in [-0.2, -0.15) is 0 Å². The molecule has 0 saturated heterocycles. The lowest BCUT2D eigenvalue weighted by Crippen LogP contribution is -2.16. The van der Waals surface area contributed by atoms with Gasteiger partial charge in [-0.3, -0.25) is 0 Å². The van der Waals surface area contributed by atoms with Crippen molar-refractivity contribution in [2.45, 2.75) is 26.7 Å². The highest BCUT2D eigenvalue weighted by atomic mass is 16.3. The van der Waals surface area contributed by atoms with E-state index >= 15 is 0 Å². The zero-order chi connectivity index (χ0) is 8.32. The summed E-state index contributed by atoms with van der Waals surface area (Å²) in [5, 5.41) is 8.80. The molecule has 0 radical (unpaired) electrons. The summed E-state index contributed by atoms with van der Waals surface area (Å²) in [4.78, 5) is 0. The highest BCUT2D eigenvalue weighted by Crippen LogP contribution is 2.32. The van der Waals surface area contributed by atoms with Crippen LogP contribution in [0.4, 0.5) is 0 Å². The van der Waals surface area contributed by atoms with Gasteiger partial charge in [0.1, 0.15) is 0 Å². The Kier molecular flexibility index (Phi) is 2.50. The van der Waals surface area contributed by atoms with Crippen molar-refractivity contribution in [1.29, 1.82) is 0 Å². The summed E-state index contributed by atoms with van der Waals surface area (Å²) >= 11 is 0. The number of rotatable bonds is 2. The second kappa shape index (κ2) is 3.22. The normalized spacial score (nSPS) is 30.3. The number of aliphatic hydroxyl groups is 1. The van der Waals surface area contributed by atoms with Crippen molar-refractivity contribution >= 4 is 0 Å². The molecule has 0 bridgehead atoms. The molecule has 1 atom stereocenters. The molecule has 11 heavy (non-hydrogen) atoms. The summed E-state index contributed by atoms with van der Waals surface area (Å²) in [5.41, 5.74) is 1.54. The molecular weight excluding hydrogens is 136 g/mol. The van der Waals surface area contributed by atoms with E-state index < -0.39 is 0 Å². The first-order valence-electron chi connectivity index (χ1n) is 4.13. The summed E-state index contributed by atoms with van der Waals surface area (Å²) in [6, 6.07) is 0. The third-order valence-corrected chi connectivity index (χ3v) is 2.32. The van der Waals surface area contributed by atoms with Gasteiger partial charge >= 0.3 is 0 Å². The van der Waals surface area contributed by atoms with Crippen LogP contribution in [0.15, 0.2) is 23.8 Å². The Labute approximate surface area is 68.4 Å². The zero-order valence-corrected chi connectivity index (χ0v) is 7.30. The number of hydrogen-bond donors (Lipinski definition) is 1. The molecule has 0 aromatic heterocycles. The van der Waals surface area contributed by atoms with E-state index in [0.29, 0.717) is 0 Å². The van der Waals surface area contributed by atoms with Crippen LogP contribution in [-0.4, -0.2) is 11.7 Å².